The van der Waals surface area contributed by atoms with Crippen LogP contribution in [0.4, 0.5) is 0 Å². The third kappa shape index (κ3) is 3.24. The summed E-state index contributed by atoms with van der Waals surface area (Å²) >= 11 is 0. The van der Waals surface area contributed by atoms with Crippen molar-refractivity contribution in [1.82, 2.24) is 0 Å². The van der Waals surface area contributed by atoms with Crippen molar-refractivity contribution in [3.05, 3.63) is 29.8 Å². The van der Waals surface area contributed by atoms with E-state index in [1.165, 1.54) is 5.56 Å². The smallest absolute Gasteiger partial charge is 0.119 e. The van der Waals surface area contributed by atoms with Gasteiger partial charge in [0, 0.05) is 5.92 Å². The molecule has 0 aromatic heterocycles. The Hall–Kier alpha value is -1.02. The highest BCUT2D eigenvalue weighted by molar-refractivity contribution is 5.30. The third-order valence-corrected chi connectivity index (χ3v) is 2.87. The molecular formula is C14H23NO. The molecule has 0 bridgehead atoms. The fraction of sp³-hybridized carbons (Fsp3) is 0.571. The Labute approximate surface area is 98.8 Å². The molecule has 0 heterocycles. The van der Waals surface area contributed by atoms with Crippen molar-refractivity contribution in [3.8, 4) is 5.75 Å². The van der Waals surface area contributed by atoms with Crippen LogP contribution < -0.4 is 10.5 Å². The van der Waals surface area contributed by atoms with E-state index >= 15 is 0 Å². The summed E-state index contributed by atoms with van der Waals surface area (Å²) in [5, 5.41) is 0. The fourth-order valence-electron chi connectivity index (χ4n) is 1.95. The van der Waals surface area contributed by atoms with Gasteiger partial charge in [0.05, 0.1) is 6.61 Å². The number of hydrogen-bond donors (Lipinski definition) is 1. The van der Waals surface area contributed by atoms with Crippen molar-refractivity contribution >= 4 is 0 Å². The highest BCUT2D eigenvalue weighted by atomic mass is 16.5. The van der Waals surface area contributed by atoms with Gasteiger partial charge in [0.15, 0.2) is 0 Å². The molecule has 1 atom stereocenters. The zero-order valence-corrected chi connectivity index (χ0v) is 10.8. The van der Waals surface area contributed by atoms with Crippen LogP contribution in [0.3, 0.4) is 0 Å². The number of rotatable bonds is 4. The molecule has 0 aliphatic rings. The summed E-state index contributed by atoms with van der Waals surface area (Å²) in [5.41, 5.74) is 7.34. The van der Waals surface area contributed by atoms with Gasteiger partial charge >= 0.3 is 0 Å². The third-order valence-electron chi connectivity index (χ3n) is 2.87. The van der Waals surface area contributed by atoms with Crippen LogP contribution in [0.25, 0.3) is 0 Å². The maximum Gasteiger partial charge on any atom is 0.119 e. The molecular weight excluding hydrogens is 198 g/mol. The molecule has 16 heavy (non-hydrogen) atoms. The first-order chi connectivity index (χ1) is 7.49. The summed E-state index contributed by atoms with van der Waals surface area (Å²) in [6.07, 6.45) is 0. The maximum atomic E-state index is 5.86. The van der Waals surface area contributed by atoms with E-state index in [1.807, 2.05) is 19.1 Å². The molecule has 1 aromatic rings. The second-order valence-electron chi connectivity index (χ2n) is 5.16. The van der Waals surface area contributed by atoms with Gasteiger partial charge in [-0.1, -0.05) is 32.9 Å². The minimum Gasteiger partial charge on any atom is -0.494 e. The summed E-state index contributed by atoms with van der Waals surface area (Å²) in [5.74, 6) is 1.32. The van der Waals surface area contributed by atoms with Crippen LogP contribution in [0.15, 0.2) is 24.3 Å². The first-order valence-electron chi connectivity index (χ1n) is 5.92. The van der Waals surface area contributed by atoms with Gasteiger partial charge in [0.25, 0.3) is 0 Å². The SMILES string of the molecule is CCOc1ccc(C(CN)C(C)(C)C)cc1. The van der Waals surface area contributed by atoms with Crippen molar-refractivity contribution in [2.24, 2.45) is 11.1 Å². The average molecular weight is 221 g/mol. The molecule has 0 aliphatic heterocycles. The van der Waals surface area contributed by atoms with Gasteiger partial charge in [-0.3, -0.25) is 0 Å². The summed E-state index contributed by atoms with van der Waals surface area (Å²) in [6.45, 7) is 10.0. The van der Waals surface area contributed by atoms with Gasteiger partial charge < -0.3 is 10.5 Å². The zero-order valence-electron chi connectivity index (χ0n) is 10.8. The molecule has 1 unspecified atom stereocenters. The Morgan fingerprint density at radius 3 is 2.12 bits per heavy atom. The highest BCUT2D eigenvalue weighted by Gasteiger charge is 2.24. The lowest BCUT2D eigenvalue weighted by Crippen LogP contribution is -2.25. The van der Waals surface area contributed by atoms with E-state index in [9.17, 15) is 0 Å². The Morgan fingerprint density at radius 1 is 1.19 bits per heavy atom. The molecule has 2 N–H and O–H groups in total. The number of benzene rings is 1. The minimum atomic E-state index is 0.196. The average Bonchev–Trinajstić information content (AvgIpc) is 2.20. The van der Waals surface area contributed by atoms with E-state index in [0.717, 1.165) is 5.75 Å². The molecule has 0 amide bonds. The van der Waals surface area contributed by atoms with E-state index < -0.39 is 0 Å². The Kier molecular flexibility index (Phi) is 4.36. The van der Waals surface area contributed by atoms with E-state index in [4.69, 9.17) is 10.5 Å². The lowest BCUT2D eigenvalue weighted by atomic mass is 9.76. The van der Waals surface area contributed by atoms with Gasteiger partial charge in [-0.05, 0) is 36.6 Å². The number of hydrogen-bond acceptors (Lipinski definition) is 2. The Balaban J connectivity index is 2.87. The summed E-state index contributed by atoms with van der Waals surface area (Å²) < 4.78 is 5.43. The highest BCUT2D eigenvalue weighted by Crippen LogP contribution is 2.34. The second kappa shape index (κ2) is 5.35. The molecule has 1 rings (SSSR count). The van der Waals surface area contributed by atoms with Crippen molar-refractivity contribution < 1.29 is 4.74 Å². The molecule has 2 nitrogen and oxygen atoms in total. The Bertz CT molecular complexity index is 311. The van der Waals surface area contributed by atoms with Crippen molar-refractivity contribution in [1.29, 1.82) is 0 Å². The molecule has 0 radical (unpaired) electrons. The predicted octanol–water partition coefficient (Wildman–Crippen LogP) is 3.17. The zero-order chi connectivity index (χ0) is 12.2. The molecule has 2 heteroatoms. The van der Waals surface area contributed by atoms with E-state index in [-0.39, 0.29) is 5.41 Å². The number of ether oxygens (including phenoxy) is 1. The first kappa shape index (κ1) is 13.0. The Morgan fingerprint density at radius 2 is 1.75 bits per heavy atom. The van der Waals surface area contributed by atoms with Gasteiger partial charge in [0.2, 0.25) is 0 Å². The van der Waals surface area contributed by atoms with E-state index in [2.05, 4.69) is 32.9 Å². The van der Waals surface area contributed by atoms with E-state index in [1.54, 1.807) is 0 Å². The topological polar surface area (TPSA) is 35.2 Å². The van der Waals surface area contributed by atoms with Crippen molar-refractivity contribution in [2.45, 2.75) is 33.6 Å². The van der Waals surface area contributed by atoms with E-state index in [0.29, 0.717) is 19.1 Å². The van der Waals surface area contributed by atoms with Crippen molar-refractivity contribution in [3.63, 3.8) is 0 Å². The van der Waals surface area contributed by atoms with Crippen LogP contribution in [-0.2, 0) is 0 Å². The quantitative estimate of drug-likeness (QED) is 0.847. The van der Waals surface area contributed by atoms with Gasteiger partial charge in [-0.25, -0.2) is 0 Å². The second-order valence-corrected chi connectivity index (χ2v) is 5.16. The van der Waals surface area contributed by atoms with Crippen molar-refractivity contribution in [2.75, 3.05) is 13.2 Å². The summed E-state index contributed by atoms with van der Waals surface area (Å²) in [4.78, 5) is 0. The normalized spacial score (nSPS) is 13.6. The van der Waals surface area contributed by atoms with Gasteiger partial charge in [-0.15, -0.1) is 0 Å². The largest absolute Gasteiger partial charge is 0.494 e. The molecule has 90 valence electrons. The summed E-state index contributed by atoms with van der Waals surface area (Å²) in [6, 6.07) is 8.28. The molecule has 0 fully saturated rings. The minimum absolute atomic E-state index is 0.196. The lowest BCUT2D eigenvalue weighted by Gasteiger charge is -2.30. The number of nitrogens with two attached hydrogens (primary N) is 1. The summed E-state index contributed by atoms with van der Waals surface area (Å²) in [7, 11) is 0. The standard InChI is InChI=1S/C14H23NO/c1-5-16-12-8-6-11(7-9-12)13(10-15)14(2,3)4/h6-9,13H,5,10,15H2,1-4H3. The van der Waals surface area contributed by atoms with Crippen LogP contribution in [0, 0.1) is 5.41 Å². The van der Waals surface area contributed by atoms with Crippen LogP contribution in [0.1, 0.15) is 39.2 Å². The molecule has 0 spiro atoms. The molecule has 1 aromatic carbocycles. The molecule has 0 saturated carbocycles. The molecule has 0 aliphatic carbocycles. The van der Waals surface area contributed by atoms with Crippen LogP contribution in [0.2, 0.25) is 0 Å². The first-order valence-corrected chi connectivity index (χ1v) is 5.92. The van der Waals surface area contributed by atoms with Crippen LogP contribution >= 0.6 is 0 Å². The monoisotopic (exact) mass is 221 g/mol. The molecule has 0 saturated heterocycles. The predicted molar refractivity (Wildman–Crippen MR) is 68.9 cm³/mol. The van der Waals surface area contributed by atoms with Crippen LogP contribution in [-0.4, -0.2) is 13.2 Å². The van der Waals surface area contributed by atoms with Crippen LogP contribution in [0.5, 0.6) is 5.75 Å². The lowest BCUT2D eigenvalue weighted by molar-refractivity contribution is 0.323. The van der Waals surface area contributed by atoms with Gasteiger partial charge in [-0.2, -0.15) is 0 Å². The maximum absolute atomic E-state index is 5.86. The fourth-order valence-corrected chi connectivity index (χ4v) is 1.95. The van der Waals surface area contributed by atoms with Gasteiger partial charge in [0.1, 0.15) is 5.75 Å².